The van der Waals surface area contributed by atoms with Gasteiger partial charge < -0.3 is 0 Å². The molecule has 0 unspecified atom stereocenters. The highest BCUT2D eigenvalue weighted by Gasteiger charge is 2.11. The van der Waals surface area contributed by atoms with Gasteiger partial charge in [-0.15, -0.1) is 0 Å². The predicted molar refractivity (Wildman–Crippen MR) is 39.3 cm³/mol. The quantitative estimate of drug-likeness (QED) is 0.438. The zero-order valence-electron chi connectivity index (χ0n) is 6.60. The average Bonchev–Trinajstić information content (AvgIpc) is 1.90. The van der Waals surface area contributed by atoms with E-state index in [1.165, 1.54) is 0 Å². The Morgan fingerprint density at radius 1 is 1.50 bits per heavy atom. The molecule has 0 aromatic carbocycles. The van der Waals surface area contributed by atoms with Crippen LogP contribution in [0.1, 0.15) is 27.2 Å². The van der Waals surface area contributed by atoms with Crippen LogP contribution in [-0.4, -0.2) is 11.7 Å². The number of ketones is 1. The highest BCUT2D eigenvalue weighted by atomic mass is 16.1. The van der Waals surface area contributed by atoms with Gasteiger partial charge in [-0.2, -0.15) is 0 Å². The molecule has 2 nitrogen and oxygen atoms in total. The molecule has 0 rings (SSSR count). The van der Waals surface area contributed by atoms with Crippen LogP contribution in [0.3, 0.4) is 0 Å². The number of Topliss-reactive ketones (excluding diaryl/α,β-unsaturated/α-hetero) is 1. The molecule has 0 radical (unpaired) electrons. The van der Waals surface area contributed by atoms with E-state index in [4.69, 9.17) is 0 Å². The average molecular weight is 140 g/mol. The van der Waals surface area contributed by atoms with E-state index in [1.807, 2.05) is 0 Å². The number of allylic oxidation sites excluding steroid dienone is 1. The Bertz CT molecular complexity index is 174. The van der Waals surface area contributed by atoms with Crippen LogP contribution in [0, 0.1) is 5.92 Å². The Hall–Kier alpha value is -0.880. The van der Waals surface area contributed by atoms with E-state index in [-0.39, 0.29) is 17.3 Å². The molecule has 0 saturated heterocycles. The molecule has 0 bridgehead atoms. The molecule has 0 atom stereocenters. The van der Waals surface area contributed by atoms with E-state index >= 15 is 0 Å². The second-order valence-corrected chi connectivity index (χ2v) is 2.45. The number of hydrogen-bond donors (Lipinski definition) is 0. The van der Waals surface area contributed by atoms with Gasteiger partial charge in [0.2, 0.25) is 0 Å². The van der Waals surface area contributed by atoms with Crippen LogP contribution in [0.5, 0.6) is 0 Å². The normalized spacial score (nSPS) is 9.20. The van der Waals surface area contributed by atoms with Gasteiger partial charge in [-0.1, -0.05) is 20.8 Å². The maximum atomic E-state index is 11.0. The smallest absolute Gasteiger partial charge is 0.172 e. The van der Waals surface area contributed by atoms with E-state index in [0.29, 0.717) is 6.42 Å². The molecular weight excluding hydrogens is 128 g/mol. The van der Waals surface area contributed by atoms with Crippen LogP contribution in [0.25, 0.3) is 0 Å². The van der Waals surface area contributed by atoms with Crippen LogP contribution < -0.4 is 0 Å². The molecule has 0 aromatic rings. The standard InChI is InChI=1S/C8H12O2/c1-4-7(5-9)8(10)6(2)3/h6H,4H2,1-3H3. The molecule has 0 amide bonds. The fraction of sp³-hybridized carbons (Fsp3) is 0.625. The van der Waals surface area contributed by atoms with E-state index in [2.05, 4.69) is 0 Å². The molecule has 0 spiro atoms. The van der Waals surface area contributed by atoms with Crippen molar-refractivity contribution in [1.29, 1.82) is 0 Å². The summed E-state index contributed by atoms with van der Waals surface area (Å²) in [6, 6.07) is 0. The highest BCUT2D eigenvalue weighted by molar-refractivity contribution is 6.03. The monoisotopic (exact) mass is 140 g/mol. The topological polar surface area (TPSA) is 34.1 Å². The lowest BCUT2D eigenvalue weighted by molar-refractivity contribution is -0.118. The minimum Gasteiger partial charge on any atom is -0.293 e. The van der Waals surface area contributed by atoms with Gasteiger partial charge in [0.25, 0.3) is 0 Å². The largest absolute Gasteiger partial charge is 0.293 e. The minimum absolute atomic E-state index is 0.0856. The Morgan fingerprint density at radius 2 is 2.00 bits per heavy atom. The zero-order chi connectivity index (χ0) is 8.15. The van der Waals surface area contributed by atoms with Crippen molar-refractivity contribution in [2.45, 2.75) is 27.2 Å². The fourth-order valence-corrected chi connectivity index (χ4v) is 0.645. The summed E-state index contributed by atoms with van der Waals surface area (Å²) in [6.45, 7) is 5.32. The maximum absolute atomic E-state index is 11.0. The minimum atomic E-state index is -0.0867. The first kappa shape index (κ1) is 9.12. The van der Waals surface area contributed by atoms with Crippen molar-refractivity contribution in [1.82, 2.24) is 0 Å². The Morgan fingerprint density at radius 3 is 2.10 bits per heavy atom. The third-order valence-electron chi connectivity index (χ3n) is 1.30. The number of carbonyl (C=O) groups excluding carboxylic acids is 2. The summed E-state index contributed by atoms with van der Waals surface area (Å²) in [4.78, 5) is 21.1. The van der Waals surface area contributed by atoms with E-state index in [0.717, 1.165) is 0 Å². The van der Waals surface area contributed by atoms with Crippen molar-refractivity contribution < 1.29 is 9.59 Å². The fourth-order valence-electron chi connectivity index (χ4n) is 0.645. The lowest BCUT2D eigenvalue weighted by Gasteiger charge is -2.00. The van der Waals surface area contributed by atoms with Crippen LogP contribution in [-0.2, 0) is 9.59 Å². The molecule has 0 saturated carbocycles. The molecule has 0 aliphatic rings. The van der Waals surface area contributed by atoms with Gasteiger partial charge in [-0.25, -0.2) is 4.79 Å². The molecule has 2 heteroatoms. The molecule has 0 aliphatic carbocycles. The lowest BCUT2D eigenvalue weighted by Crippen LogP contribution is -2.09. The number of hydrogen-bond acceptors (Lipinski definition) is 2. The zero-order valence-corrected chi connectivity index (χ0v) is 6.60. The van der Waals surface area contributed by atoms with Crippen molar-refractivity contribution in [3.05, 3.63) is 5.57 Å². The van der Waals surface area contributed by atoms with Gasteiger partial charge in [-0.05, 0) is 6.42 Å². The van der Waals surface area contributed by atoms with Crippen LogP contribution >= 0.6 is 0 Å². The summed E-state index contributed by atoms with van der Waals surface area (Å²) in [6.07, 6.45) is 0.487. The first-order valence-electron chi connectivity index (χ1n) is 3.41. The van der Waals surface area contributed by atoms with Crippen molar-refractivity contribution in [2.24, 2.45) is 5.92 Å². The summed E-state index contributed by atoms with van der Waals surface area (Å²) < 4.78 is 0. The third kappa shape index (κ3) is 2.16. The summed E-state index contributed by atoms with van der Waals surface area (Å²) in [5.74, 6) is 1.48. The van der Waals surface area contributed by atoms with Gasteiger partial charge in [0.05, 0.1) is 5.57 Å². The molecule has 56 valence electrons. The SMILES string of the molecule is CCC(=C=O)C(=O)C(C)C. The van der Waals surface area contributed by atoms with Crippen molar-refractivity contribution in [3.8, 4) is 0 Å². The molecule has 10 heavy (non-hydrogen) atoms. The summed E-state index contributed by atoms with van der Waals surface area (Å²) >= 11 is 0. The second-order valence-electron chi connectivity index (χ2n) is 2.45. The second kappa shape index (κ2) is 4.02. The first-order valence-corrected chi connectivity index (χ1v) is 3.41. The summed E-state index contributed by atoms with van der Waals surface area (Å²) in [5, 5.41) is 0. The van der Waals surface area contributed by atoms with Crippen molar-refractivity contribution in [2.75, 3.05) is 0 Å². The van der Waals surface area contributed by atoms with Crippen LogP contribution in [0.2, 0.25) is 0 Å². The Kier molecular flexibility index (Phi) is 3.67. The van der Waals surface area contributed by atoms with Gasteiger partial charge in [0, 0.05) is 5.92 Å². The van der Waals surface area contributed by atoms with Crippen LogP contribution in [0.15, 0.2) is 5.57 Å². The van der Waals surface area contributed by atoms with Crippen LogP contribution in [0.4, 0.5) is 0 Å². The molecule has 0 aliphatic heterocycles. The van der Waals surface area contributed by atoms with E-state index in [1.54, 1.807) is 26.7 Å². The highest BCUT2D eigenvalue weighted by Crippen LogP contribution is 2.05. The molecule has 0 heterocycles. The van der Waals surface area contributed by atoms with Crippen molar-refractivity contribution in [3.63, 3.8) is 0 Å². The number of rotatable bonds is 3. The Balaban J connectivity index is 4.33. The molecule has 0 aromatic heterocycles. The van der Waals surface area contributed by atoms with Gasteiger partial charge in [0.1, 0.15) is 5.94 Å². The van der Waals surface area contributed by atoms with E-state index in [9.17, 15) is 9.59 Å². The summed E-state index contributed by atoms with van der Waals surface area (Å²) in [5.41, 5.74) is 0.273. The lowest BCUT2D eigenvalue weighted by atomic mass is 10.0. The van der Waals surface area contributed by atoms with Crippen molar-refractivity contribution >= 4 is 11.7 Å². The van der Waals surface area contributed by atoms with E-state index < -0.39 is 0 Å². The third-order valence-corrected chi connectivity index (χ3v) is 1.30. The predicted octanol–water partition coefficient (Wildman–Crippen LogP) is 1.38. The molecule has 0 fully saturated rings. The van der Waals surface area contributed by atoms with Gasteiger partial charge in [-0.3, -0.25) is 4.79 Å². The van der Waals surface area contributed by atoms with Gasteiger partial charge in [0.15, 0.2) is 5.78 Å². The van der Waals surface area contributed by atoms with Gasteiger partial charge >= 0.3 is 0 Å². The maximum Gasteiger partial charge on any atom is 0.172 e. The Labute approximate surface area is 60.9 Å². The first-order chi connectivity index (χ1) is 4.63. The molecule has 0 N–H and O–H groups in total. The number of carbonyl (C=O) groups is 1. The molecular formula is C8H12O2. The summed E-state index contributed by atoms with van der Waals surface area (Å²) in [7, 11) is 0.